The van der Waals surface area contributed by atoms with Crippen LogP contribution < -0.4 is 16.0 Å². The number of ether oxygens (including phenoxy) is 1. The summed E-state index contributed by atoms with van der Waals surface area (Å²) in [6, 6.07) is 28.5. The van der Waals surface area contributed by atoms with Crippen molar-refractivity contribution in [1.82, 2.24) is 5.32 Å². The molecule has 0 aliphatic heterocycles. The van der Waals surface area contributed by atoms with E-state index in [9.17, 15) is 19.2 Å². The number of thiophene rings is 1. The molecule has 3 N–H and O–H groups in total. The number of aryl methyl sites for hydroxylation is 1. The minimum absolute atomic E-state index is 0.00912. The lowest BCUT2D eigenvalue weighted by Crippen LogP contribution is -2.30. The number of nitrogens with one attached hydrogen (secondary N) is 3. The van der Waals surface area contributed by atoms with Crippen LogP contribution in [0.25, 0.3) is 6.08 Å². The highest BCUT2D eigenvalue weighted by atomic mass is 32.2. The monoisotopic (exact) mass is 719 g/mol. The zero-order chi connectivity index (χ0) is 35.6. The van der Waals surface area contributed by atoms with Crippen molar-refractivity contribution in [1.29, 1.82) is 0 Å². The van der Waals surface area contributed by atoms with Crippen molar-refractivity contribution in [2.75, 3.05) is 17.2 Å². The molecule has 51 heavy (non-hydrogen) atoms. The minimum Gasteiger partial charge on any atom is -0.465 e. The summed E-state index contributed by atoms with van der Waals surface area (Å²) in [4.78, 5) is 55.7. The van der Waals surface area contributed by atoms with Crippen LogP contribution >= 0.6 is 23.1 Å². The fraction of sp³-hybridized carbons (Fsp3) is 0.200. The Labute approximate surface area is 304 Å². The van der Waals surface area contributed by atoms with E-state index in [0.29, 0.717) is 32.5 Å². The first-order chi connectivity index (χ1) is 24.9. The molecule has 1 aliphatic rings. The van der Waals surface area contributed by atoms with Gasteiger partial charge in [-0.1, -0.05) is 61.0 Å². The van der Waals surface area contributed by atoms with E-state index in [1.54, 1.807) is 67.6 Å². The molecule has 0 radical (unpaired) electrons. The summed E-state index contributed by atoms with van der Waals surface area (Å²) in [6.45, 7) is 2.02. The molecule has 3 amide bonds. The number of rotatable bonds is 12. The molecule has 11 heteroatoms. The molecule has 1 unspecified atom stereocenters. The Morgan fingerprint density at radius 1 is 0.882 bits per heavy atom. The van der Waals surface area contributed by atoms with Crippen LogP contribution in [0, 0.1) is 0 Å². The zero-order valence-electron chi connectivity index (χ0n) is 28.0. The molecular weight excluding hydrogens is 683 g/mol. The van der Waals surface area contributed by atoms with Crippen molar-refractivity contribution in [2.24, 2.45) is 0 Å². The van der Waals surface area contributed by atoms with Crippen molar-refractivity contribution < 1.29 is 28.3 Å². The SMILES string of the molecule is CCOC(=O)c1c(NC(=O)C(Sc2cccc(NC(=O)/C(=C/c3ccco3)NC(=O)c3ccccc3)c2)c2ccccc2)sc2c1CCCCC2. The zero-order valence-corrected chi connectivity index (χ0v) is 29.6. The van der Waals surface area contributed by atoms with Gasteiger partial charge in [0.2, 0.25) is 5.91 Å². The number of carbonyl (C=O) groups is 4. The normalized spacial score (nSPS) is 13.3. The third-order valence-electron chi connectivity index (χ3n) is 8.18. The molecule has 9 nitrogen and oxygen atoms in total. The first kappa shape index (κ1) is 35.4. The number of benzene rings is 3. The number of anilines is 2. The van der Waals surface area contributed by atoms with Gasteiger partial charge in [-0.2, -0.15) is 0 Å². The predicted molar refractivity (Wildman–Crippen MR) is 201 cm³/mol. The van der Waals surface area contributed by atoms with Crippen LogP contribution in [0.4, 0.5) is 10.7 Å². The molecule has 0 bridgehead atoms. The molecule has 0 saturated carbocycles. The number of esters is 1. The Balaban J connectivity index is 1.24. The third-order valence-corrected chi connectivity index (χ3v) is 10.6. The molecule has 6 rings (SSSR count). The summed E-state index contributed by atoms with van der Waals surface area (Å²) in [5.41, 5.74) is 3.07. The van der Waals surface area contributed by atoms with Crippen molar-refractivity contribution >= 4 is 63.6 Å². The van der Waals surface area contributed by atoms with E-state index in [-0.39, 0.29) is 18.2 Å². The van der Waals surface area contributed by atoms with Crippen LogP contribution in [0.5, 0.6) is 0 Å². The van der Waals surface area contributed by atoms with Crippen LogP contribution in [0.15, 0.2) is 118 Å². The van der Waals surface area contributed by atoms with Crippen molar-refractivity contribution in [3.63, 3.8) is 0 Å². The molecule has 3 aromatic carbocycles. The van der Waals surface area contributed by atoms with Gasteiger partial charge in [-0.25, -0.2) is 4.79 Å². The van der Waals surface area contributed by atoms with Crippen molar-refractivity contribution in [3.05, 3.63) is 142 Å². The molecular formula is C40H37N3O6S2. The van der Waals surface area contributed by atoms with Crippen LogP contribution in [-0.2, 0) is 27.2 Å². The Kier molecular flexibility index (Phi) is 11.8. The third kappa shape index (κ3) is 9.05. The van der Waals surface area contributed by atoms with Gasteiger partial charge in [0.05, 0.1) is 18.4 Å². The predicted octanol–water partition coefficient (Wildman–Crippen LogP) is 8.67. The highest BCUT2D eigenvalue weighted by molar-refractivity contribution is 8.00. The van der Waals surface area contributed by atoms with Gasteiger partial charge in [-0.05, 0) is 86.2 Å². The number of carbonyl (C=O) groups excluding carboxylic acids is 4. The maximum Gasteiger partial charge on any atom is 0.341 e. The topological polar surface area (TPSA) is 127 Å². The molecule has 2 aromatic heterocycles. The summed E-state index contributed by atoms with van der Waals surface area (Å²) < 4.78 is 10.8. The van der Waals surface area contributed by atoms with E-state index in [2.05, 4.69) is 16.0 Å². The maximum atomic E-state index is 14.2. The second-order valence-corrected chi connectivity index (χ2v) is 14.0. The molecule has 0 fully saturated rings. The standard InChI is InChI=1S/C40H37N3O6S2/c1-2-48-40(47)34-31-21-10-5-11-22-33(31)51-39(34)43-38(46)35(26-14-6-3-7-15-26)50-30-20-12-18-28(24-30)41-37(45)32(25-29-19-13-23-49-29)42-36(44)27-16-8-4-9-17-27/h3-4,6-9,12-20,23-25,35H,2,5,10-11,21-22H2,1H3,(H,41,45)(H,42,44)(H,43,46)/b32-25-. The first-order valence-corrected chi connectivity index (χ1v) is 18.5. The van der Waals surface area contributed by atoms with Gasteiger partial charge >= 0.3 is 5.97 Å². The number of hydrogen-bond acceptors (Lipinski definition) is 8. The van der Waals surface area contributed by atoms with Gasteiger partial charge in [0, 0.05) is 27.1 Å². The summed E-state index contributed by atoms with van der Waals surface area (Å²) in [5, 5.41) is 8.49. The number of fused-ring (bicyclic) bond motifs is 1. The Morgan fingerprint density at radius 3 is 2.39 bits per heavy atom. The van der Waals surface area contributed by atoms with Crippen LogP contribution in [0.3, 0.4) is 0 Å². The summed E-state index contributed by atoms with van der Waals surface area (Å²) in [6.07, 6.45) is 7.70. The van der Waals surface area contributed by atoms with Crippen molar-refractivity contribution in [2.45, 2.75) is 49.2 Å². The smallest absolute Gasteiger partial charge is 0.341 e. The van der Waals surface area contributed by atoms with E-state index >= 15 is 0 Å². The highest BCUT2D eigenvalue weighted by Crippen LogP contribution is 2.41. The number of hydrogen-bond donors (Lipinski definition) is 3. The second-order valence-electron chi connectivity index (χ2n) is 11.8. The van der Waals surface area contributed by atoms with Gasteiger partial charge < -0.3 is 25.1 Å². The van der Waals surface area contributed by atoms with Gasteiger partial charge in [0.1, 0.15) is 21.7 Å². The van der Waals surface area contributed by atoms with Gasteiger partial charge in [0.25, 0.3) is 11.8 Å². The van der Waals surface area contributed by atoms with Crippen LogP contribution in [0.2, 0.25) is 0 Å². The second kappa shape index (κ2) is 17.0. The highest BCUT2D eigenvalue weighted by Gasteiger charge is 2.29. The summed E-state index contributed by atoms with van der Waals surface area (Å²) in [7, 11) is 0. The quantitative estimate of drug-likeness (QED) is 0.0510. The number of furan rings is 1. The summed E-state index contributed by atoms with van der Waals surface area (Å²) >= 11 is 2.78. The van der Waals surface area contributed by atoms with Gasteiger partial charge in [-0.15, -0.1) is 23.1 Å². The molecule has 5 aromatic rings. The summed E-state index contributed by atoms with van der Waals surface area (Å²) in [5.74, 6) is -1.31. The fourth-order valence-electron chi connectivity index (χ4n) is 5.77. The van der Waals surface area contributed by atoms with Crippen molar-refractivity contribution in [3.8, 4) is 0 Å². The largest absolute Gasteiger partial charge is 0.465 e. The molecule has 260 valence electrons. The van der Waals surface area contributed by atoms with E-state index in [4.69, 9.17) is 9.15 Å². The van der Waals surface area contributed by atoms with E-state index in [0.717, 1.165) is 48.1 Å². The Hall–Kier alpha value is -5.39. The van der Waals surface area contributed by atoms with Gasteiger partial charge in [0.15, 0.2) is 0 Å². The molecule has 1 atom stereocenters. The molecule has 0 spiro atoms. The molecule has 0 saturated heterocycles. The number of amides is 3. The minimum atomic E-state index is -0.686. The lowest BCUT2D eigenvalue weighted by molar-refractivity contribution is -0.116. The van der Waals surface area contributed by atoms with E-state index in [1.807, 2.05) is 36.4 Å². The molecule has 2 heterocycles. The lowest BCUT2D eigenvalue weighted by atomic mass is 10.1. The fourth-order valence-corrected chi connectivity index (χ4v) is 8.13. The molecule has 1 aliphatic carbocycles. The first-order valence-electron chi connectivity index (χ1n) is 16.8. The average molecular weight is 720 g/mol. The lowest BCUT2D eigenvalue weighted by Gasteiger charge is -2.18. The van der Waals surface area contributed by atoms with Gasteiger partial charge in [-0.3, -0.25) is 14.4 Å². The van der Waals surface area contributed by atoms with Crippen LogP contribution in [-0.4, -0.2) is 30.3 Å². The average Bonchev–Trinajstić information content (AvgIpc) is 3.72. The Morgan fingerprint density at radius 2 is 1.65 bits per heavy atom. The van der Waals surface area contributed by atoms with Crippen LogP contribution in [0.1, 0.15) is 73.9 Å². The Bertz CT molecular complexity index is 2020. The number of thioether (sulfide) groups is 1. The van der Waals surface area contributed by atoms with E-state index in [1.165, 1.54) is 35.4 Å². The van der Waals surface area contributed by atoms with E-state index < -0.39 is 23.0 Å². The maximum absolute atomic E-state index is 14.2.